The largest absolute Gasteiger partial charge is 0.496 e. The number of urea groups is 1. The number of methoxy groups -OCH3 is 2. The van der Waals surface area contributed by atoms with E-state index in [4.69, 9.17) is 9.47 Å². The number of carbonyl (C=O) groups is 1. The minimum atomic E-state index is -0.0584. The third-order valence-electron chi connectivity index (χ3n) is 3.49. The van der Waals surface area contributed by atoms with Crippen molar-refractivity contribution in [2.24, 2.45) is 0 Å². The van der Waals surface area contributed by atoms with Gasteiger partial charge in [0.25, 0.3) is 0 Å². The number of carbonyl (C=O) groups excluding carboxylic acids is 1. The summed E-state index contributed by atoms with van der Waals surface area (Å²) in [6.07, 6.45) is 0. The Morgan fingerprint density at radius 1 is 1.32 bits per heavy atom. The predicted octanol–water partition coefficient (Wildman–Crippen LogP) is 2.10. The van der Waals surface area contributed by atoms with E-state index in [1.54, 1.807) is 19.1 Å². The zero-order chi connectivity index (χ0) is 14.0. The van der Waals surface area contributed by atoms with E-state index in [1.807, 2.05) is 26.0 Å². The topological polar surface area (TPSA) is 50.8 Å². The van der Waals surface area contributed by atoms with Crippen molar-refractivity contribution in [3.63, 3.8) is 0 Å². The maximum atomic E-state index is 11.8. The van der Waals surface area contributed by atoms with Gasteiger partial charge in [-0.05, 0) is 31.5 Å². The maximum absolute atomic E-state index is 11.8. The van der Waals surface area contributed by atoms with Crippen LogP contribution in [0.4, 0.5) is 4.79 Å². The summed E-state index contributed by atoms with van der Waals surface area (Å²) in [4.78, 5) is 13.5. The van der Waals surface area contributed by atoms with Gasteiger partial charge in [-0.3, -0.25) is 0 Å². The minimum absolute atomic E-state index is 0.0332. The molecule has 1 aliphatic rings. The number of benzene rings is 1. The molecule has 0 aliphatic carbocycles. The fourth-order valence-corrected chi connectivity index (χ4v) is 2.38. The Labute approximate surface area is 113 Å². The lowest BCUT2D eigenvalue weighted by Crippen LogP contribution is -2.27. The number of hydrogen-bond acceptors (Lipinski definition) is 3. The Balaban J connectivity index is 2.36. The van der Waals surface area contributed by atoms with Crippen molar-refractivity contribution in [1.29, 1.82) is 0 Å². The number of aryl methyl sites for hydroxylation is 1. The molecule has 2 rings (SSSR count). The summed E-state index contributed by atoms with van der Waals surface area (Å²) in [5.41, 5.74) is 1.97. The molecule has 5 heteroatoms. The number of rotatable bonds is 4. The van der Waals surface area contributed by atoms with Crippen molar-refractivity contribution in [3.8, 4) is 11.5 Å². The standard InChI is InChI=1S/C14H20N2O3/c1-5-16-8-11(15-14(16)17)10-7-12(18-3)9(2)6-13(10)19-4/h6-7,11H,5,8H2,1-4H3,(H,15,17). The second kappa shape index (κ2) is 5.38. The third-order valence-corrected chi connectivity index (χ3v) is 3.49. The molecule has 0 spiro atoms. The summed E-state index contributed by atoms with van der Waals surface area (Å²) < 4.78 is 10.8. The Kier molecular flexibility index (Phi) is 3.83. The molecular weight excluding hydrogens is 244 g/mol. The highest BCUT2D eigenvalue weighted by Gasteiger charge is 2.30. The lowest BCUT2D eigenvalue weighted by atomic mass is 10.0. The van der Waals surface area contributed by atoms with Crippen molar-refractivity contribution in [2.75, 3.05) is 27.3 Å². The van der Waals surface area contributed by atoms with Gasteiger partial charge in [0, 0.05) is 18.7 Å². The highest BCUT2D eigenvalue weighted by Crippen LogP contribution is 2.34. The fourth-order valence-electron chi connectivity index (χ4n) is 2.38. The molecule has 1 saturated heterocycles. The fraction of sp³-hybridized carbons (Fsp3) is 0.500. The molecule has 1 aromatic carbocycles. The molecule has 1 aromatic rings. The van der Waals surface area contributed by atoms with Crippen LogP contribution in [-0.4, -0.2) is 38.2 Å². The van der Waals surface area contributed by atoms with Crippen molar-refractivity contribution in [1.82, 2.24) is 10.2 Å². The second-order valence-corrected chi connectivity index (χ2v) is 4.60. The van der Waals surface area contributed by atoms with Crippen LogP contribution in [0.5, 0.6) is 11.5 Å². The van der Waals surface area contributed by atoms with Gasteiger partial charge in [0.15, 0.2) is 0 Å². The van der Waals surface area contributed by atoms with Gasteiger partial charge in [-0.25, -0.2) is 4.79 Å². The predicted molar refractivity (Wildman–Crippen MR) is 72.8 cm³/mol. The minimum Gasteiger partial charge on any atom is -0.496 e. The second-order valence-electron chi connectivity index (χ2n) is 4.60. The van der Waals surface area contributed by atoms with Crippen LogP contribution in [-0.2, 0) is 0 Å². The lowest BCUT2D eigenvalue weighted by molar-refractivity contribution is 0.219. The molecule has 0 saturated carbocycles. The molecule has 1 aliphatic heterocycles. The first kappa shape index (κ1) is 13.5. The average Bonchev–Trinajstić information content (AvgIpc) is 2.79. The summed E-state index contributed by atoms with van der Waals surface area (Å²) in [7, 11) is 3.28. The van der Waals surface area contributed by atoms with Gasteiger partial charge < -0.3 is 19.7 Å². The first-order valence-electron chi connectivity index (χ1n) is 6.38. The van der Waals surface area contributed by atoms with Gasteiger partial charge >= 0.3 is 6.03 Å². The molecule has 1 fully saturated rings. The van der Waals surface area contributed by atoms with E-state index in [-0.39, 0.29) is 12.1 Å². The van der Waals surface area contributed by atoms with Crippen LogP contribution < -0.4 is 14.8 Å². The van der Waals surface area contributed by atoms with Crippen molar-refractivity contribution in [3.05, 3.63) is 23.3 Å². The van der Waals surface area contributed by atoms with Gasteiger partial charge in [-0.1, -0.05) is 0 Å². The Hall–Kier alpha value is -1.91. The molecule has 5 nitrogen and oxygen atoms in total. The summed E-state index contributed by atoms with van der Waals surface area (Å²) in [6, 6.07) is 3.79. The highest BCUT2D eigenvalue weighted by atomic mass is 16.5. The summed E-state index contributed by atoms with van der Waals surface area (Å²) in [5, 5.41) is 2.97. The van der Waals surface area contributed by atoms with Gasteiger partial charge in [0.05, 0.1) is 20.3 Å². The van der Waals surface area contributed by atoms with Crippen LogP contribution in [0.1, 0.15) is 24.1 Å². The molecule has 1 N–H and O–H groups in total. The number of amides is 2. The SMILES string of the molecule is CCN1CC(c2cc(OC)c(C)cc2OC)NC1=O. The molecule has 19 heavy (non-hydrogen) atoms. The van der Waals surface area contributed by atoms with Gasteiger partial charge in [0.2, 0.25) is 0 Å². The molecule has 0 bridgehead atoms. The van der Waals surface area contributed by atoms with Crippen LogP contribution >= 0.6 is 0 Å². The quantitative estimate of drug-likeness (QED) is 0.906. The zero-order valence-corrected chi connectivity index (χ0v) is 11.8. The maximum Gasteiger partial charge on any atom is 0.318 e. The molecule has 0 radical (unpaired) electrons. The van der Waals surface area contributed by atoms with E-state index in [9.17, 15) is 4.79 Å². The normalized spacial score (nSPS) is 18.4. The summed E-state index contributed by atoms with van der Waals surface area (Å²) >= 11 is 0. The highest BCUT2D eigenvalue weighted by molar-refractivity contribution is 5.77. The number of ether oxygens (including phenoxy) is 2. The van der Waals surface area contributed by atoms with Crippen molar-refractivity contribution in [2.45, 2.75) is 19.9 Å². The van der Waals surface area contributed by atoms with Crippen LogP contribution in [0, 0.1) is 6.92 Å². The first-order valence-corrected chi connectivity index (χ1v) is 6.38. The Bertz CT molecular complexity index is 488. The van der Waals surface area contributed by atoms with Crippen molar-refractivity contribution < 1.29 is 14.3 Å². The molecule has 0 aromatic heterocycles. The van der Waals surface area contributed by atoms with E-state index in [0.29, 0.717) is 13.1 Å². The van der Waals surface area contributed by atoms with E-state index in [2.05, 4.69) is 5.32 Å². The van der Waals surface area contributed by atoms with Gasteiger partial charge in [-0.2, -0.15) is 0 Å². The first-order chi connectivity index (χ1) is 9.10. The van der Waals surface area contributed by atoms with Crippen LogP contribution in [0.2, 0.25) is 0 Å². The summed E-state index contributed by atoms with van der Waals surface area (Å²) in [5.74, 6) is 1.58. The monoisotopic (exact) mass is 264 g/mol. The average molecular weight is 264 g/mol. The number of nitrogens with one attached hydrogen (secondary N) is 1. The molecule has 1 heterocycles. The Morgan fingerprint density at radius 2 is 2.00 bits per heavy atom. The number of hydrogen-bond donors (Lipinski definition) is 1. The van der Waals surface area contributed by atoms with Crippen LogP contribution in [0.3, 0.4) is 0 Å². The zero-order valence-electron chi connectivity index (χ0n) is 11.8. The van der Waals surface area contributed by atoms with Crippen molar-refractivity contribution >= 4 is 6.03 Å². The third kappa shape index (κ3) is 2.45. The van der Waals surface area contributed by atoms with Crippen LogP contribution in [0.15, 0.2) is 12.1 Å². The summed E-state index contributed by atoms with van der Waals surface area (Å²) in [6.45, 7) is 5.29. The Morgan fingerprint density at radius 3 is 2.53 bits per heavy atom. The molecule has 2 amide bonds. The molecule has 1 unspecified atom stereocenters. The lowest BCUT2D eigenvalue weighted by Gasteiger charge is -2.17. The smallest absolute Gasteiger partial charge is 0.318 e. The number of likely N-dealkylation sites (N-methyl/N-ethyl adjacent to an activating group) is 1. The van der Waals surface area contributed by atoms with Gasteiger partial charge in [0.1, 0.15) is 11.5 Å². The molecular formula is C14H20N2O3. The molecule has 104 valence electrons. The van der Waals surface area contributed by atoms with E-state index < -0.39 is 0 Å². The molecule has 1 atom stereocenters. The van der Waals surface area contributed by atoms with E-state index in [1.165, 1.54) is 0 Å². The number of nitrogens with zero attached hydrogens (tertiary/aromatic N) is 1. The van der Waals surface area contributed by atoms with E-state index >= 15 is 0 Å². The van der Waals surface area contributed by atoms with Gasteiger partial charge in [-0.15, -0.1) is 0 Å². The van der Waals surface area contributed by atoms with E-state index in [0.717, 1.165) is 22.6 Å². The van der Waals surface area contributed by atoms with Crippen LogP contribution in [0.25, 0.3) is 0 Å².